The van der Waals surface area contributed by atoms with E-state index in [1.807, 2.05) is 0 Å². The molecule has 0 aliphatic rings. The number of thiophene rings is 1. The Morgan fingerprint density at radius 3 is 2.28 bits per heavy atom. The molecule has 0 saturated carbocycles. The van der Waals surface area contributed by atoms with Crippen molar-refractivity contribution in [2.24, 2.45) is 5.73 Å². The highest BCUT2D eigenvalue weighted by molar-refractivity contribution is 7.20. The van der Waals surface area contributed by atoms with Gasteiger partial charge in [-0.2, -0.15) is 0 Å². The van der Waals surface area contributed by atoms with Crippen molar-refractivity contribution in [1.29, 1.82) is 0 Å². The minimum absolute atomic E-state index is 0.204. The normalized spacial score (nSPS) is 13.5. The predicted octanol–water partition coefficient (Wildman–Crippen LogP) is 3.92. The Balaban J connectivity index is 2.76. The van der Waals surface area contributed by atoms with Crippen molar-refractivity contribution in [3.63, 3.8) is 0 Å². The molecule has 1 aromatic rings. The highest BCUT2D eigenvalue weighted by atomic mass is 35.5. The molecule has 0 fully saturated rings. The predicted molar refractivity (Wildman–Crippen MR) is 76.9 cm³/mol. The fourth-order valence-corrected chi connectivity index (χ4v) is 3.18. The fourth-order valence-electron chi connectivity index (χ4n) is 1.24. The van der Waals surface area contributed by atoms with Gasteiger partial charge in [-0.25, -0.2) is 0 Å². The standard InChI is InChI=1S/C11H14Cl3NO2S/c1-11(2,3)17-10(16)6(15)4-5-7(12)9(14)18-8(5)13/h6H,4,15H2,1-3H3. The number of carbonyl (C=O) groups is 1. The molecular formula is C11H14Cl3NO2S. The summed E-state index contributed by atoms with van der Waals surface area (Å²) in [6.07, 6.45) is 0.204. The summed E-state index contributed by atoms with van der Waals surface area (Å²) in [5.41, 5.74) is 5.79. The lowest BCUT2D eigenvalue weighted by Gasteiger charge is -2.22. The van der Waals surface area contributed by atoms with Crippen molar-refractivity contribution in [2.45, 2.75) is 38.8 Å². The minimum atomic E-state index is -0.815. The Hall–Kier alpha value is -0.000000000000000111. The number of rotatable bonds is 3. The third-order valence-electron chi connectivity index (χ3n) is 1.99. The number of nitrogens with two attached hydrogens (primary N) is 1. The van der Waals surface area contributed by atoms with Crippen LogP contribution in [0, 0.1) is 0 Å². The van der Waals surface area contributed by atoms with E-state index in [4.69, 9.17) is 45.3 Å². The zero-order valence-electron chi connectivity index (χ0n) is 10.2. The molecule has 3 nitrogen and oxygen atoms in total. The van der Waals surface area contributed by atoms with Gasteiger partial charge in [-0.1, -0.05) is 34.8 Å². The summed E-state index contributed by atoms with van der Waals surface area (Å²) in [4.78, 5) is 11.7. The largest absolute Gasteiger partial charge is 0.459 e. The highest BCUT2D eigenvalue weighted by Gasteiger charge is 2.25. The summed E-state index contributed by atoms with van der Waals surface area (Å²) in [5.74, 6) is -0.489. The van der Waals surface area contributed by atoms with Crippen molar-refractivity contribution >= 4 is 52.1 Å². The van der Waals surface area contributed by atoms with Gasteiger partial charge in [0, 0.05) is 12.0 Å². The van der Waals surface area contributed by atoms with Crippen LogP contribution in [0.25, 0.3) is 0 Å². The van der Waals surface area contributed by atoms with Crippen molar-refractivity contribution < 1.29 is 9.53 Å². The van der Waals surface area contributed by atoms with E-state index in [9.17, 15) is 4.79 Å². The maximum atomic E-state index is 11.7. The fraction of sp³-hybridized carbons (Fsp3) is 0.545. The van der Waals surface area contributed by atoms with Crippen LogP contribution in [-0.2, 0) is 16.0 Å². The monoisotopic (exact) mass is 329 g/mol. The Morgan fingerprint density at radius 1 is 1.33 bits per heavy atom. The van der Waals surface area contributed by atoms with Crippen LogP contribution in [0.15, 0.2) is 0 Å². The van der Waals surface area contributed by atoms with E-state index in [1.54, 1.807) is 20.8 Å². The molecule has 0 spiro atoms. The van der Waals surface area contributed by atoms with Crippen molar-refractivity contribution in [3.05, 3.63) is 19.3 Å². The Morgan fingerprint density at radius 2 is 1.89 bits per heavy atom. The van der Waals surface area contributed by atoms with Crippen molar-refractivity contribution in [3.8, 4) is 0 Å². The van der Waals surface area contributed by atoms with Gasteiger partial charge in [-0.3, -0.25) is 4.79 Å². The van der Waals surface area contributed by atoms with Crippen LogP contribution in [0.1, 0.15) is 26.3 Å². The molecule has 0 radical (unpaired) electrons. The summed E-state index contributed by atoms with van der Waals surface area (Å²) in [5, 5.41) is 0.352. The van der Waals surface area contributed by atoms with Gasteiger partial charge < -0.3 is 10.5 Å². The van der Waals surface area contributed by atoms with E-state index in [1.165, 1.54) is 0 Å². The number of esters is 1. The quantitative estimate of drug-likeness (QED) is 0.855. The second-order valence-electron chi connectivity index (χ2n) is 4.79. The summed E-state index contributed by atoms with van der Waals surface area (Å²) in [6.45, 7) is 5.33. The van der Waals surface area contributed by atoms with Crippen LogP contribution in [0.3, 0.4) is 0 Å². The van der Waals surface area contributed by atoms with Crippen LogP contribution in [0.2, 0.25) is 13.7 Å². The molecule has 1 heterocycles. The van der Waals surface area contributed by atoms with Crippen LogP contribution < -0.4 is 5.73 Å². The summed E-state index contributed by atoms with van der Waals surface area (Å²) in [6, 6.07) is -0.815. The highest BCUT2D eigenvalue weighted by Crippen LogP contribution is 2.40. The first-order valence-electron chi connectivity index (χ1n) is 5.22. The van der Waals surface area contributed by atoms with Gasteiger partial charge in [-0.15, -0.1) is 11.3 Å². The van der Waals surface area contributed by atoms with Crippen LogP contribution in [0.4, 0.5) is 0 Å². The first-order chi connectivity index (χ1) is 8.11. The van der Waals surface area contributed by atoms with Gasteiger partial charge in [0.2, 0.25) is 0 Å². The zero-order chi connectivity index (χ0) is 14.1. The molecule has 0 aromatic carbocycles. The van der Waals surface area contributed by atoms with E-state index < -0.39 is 17.6 Å². The van der Waals surface area contributed by atoms with E-state index in [2.05, 4.69) is 0 Å². The molecule has 0 aliphatic carbocycles. The first kappa shape index (κ1) is 16.1. The van der Waals surface area contributed by atoms with Gasteiger partial charge in [-0.05, 0) is 20.8 Å². The van der Waals surface area contributed by atoms with E-state index in [0.29, 0.717) is 19.3 Å². The minimum Gasteiger partial charge on any atom is -0.459 e. The van der Waals surface area contributed by atoms with Gasteiger partial charge in [0.05, 0.1) is 9.36 Å². The average molecular weight is 331 g/mol. The second-order valence-corrected chi connectivity index (χ2v) is 7.39. The molecule has 0 amide bonds. The van der Waals surface area contributed by atoms with Gasteiger partial charge in [0.25, 0.3) is 0 Å². The third-order valence-corrected chi connectivity index (χ3v) is 4.30. The lowest BCUT2D eigenvalue weighted by Crippen LogP contribution is -2.38. The van der Waals surface area contributed by atoms with Gasteiger partial charge >= 0.3 is 5.97 Å². The second kappa shape index (κ2) is 5.97. The molecule has 1 unspecified atom stereocenters. The Bertz CT molecular complexity index is 454. The molecular weight excluding hydrogens is 317 g/mol. The first-order valence-corrected chi connectivity index (χ1v) is 7.17. The molecule has 0 bridgehead atoms. The van der Waals surface area contributed by atoms with E-state index in [0.717, 1.165) is 11.3 Å². The van der Waals surface area contributed by atoms with Crippen LogP contribution in [0.5, 0.6) is 0 Å². The average Bonchev–Trinajstić information content (AvgIpc) is 2.42. The number of ether oxygens (including phenoxy) is 1. The molecule has 7 heteroatoms. The van der Waals surface area contributed by atoms with Crippen molar-refractivity contribution in [1.82, 2.24) is 0 Å². The number of hydrogen-bond acceptors (Lipinski definition) is 4. The summed E-state index contributed by atoms with van der Waals surface area (Å²) in [7, 11) is 0. The Labute approximate surface area is 125 Å². The maximum Gasteiger partial charge on any atom is 0.323 e. The third kappa shape index (κ3) is 4.28. The number of hydrogen-bond donors (Lipinski definition) is 1. The molecule has 1 aromatic heterocycles. The molecule has 1 atom stereocenters. The molecule has 0 aliphatic heterocycles. The van der Waals surface area contributed by atoms with Crippen LogP contribution >= 0.6 is 46.1 Å². The van der Waals surface area contributed by atoms with Gasteiger partial charge in [0.15, 0.2) is 0 Å². The smallest absolute Gasteiger partial charge is 0.323 e. The Kier molecular flexibility index (Phi) is 5.32. The zero-order valence-corrected chi connectivity index (χ0v) is 13.3. The number of halogens is 3. The topological polar surface area (TPSA) is 52.3 Å². The molecule has 2 N–H and O–H groups in total. The lowest BCUT2D eigenvalue weighted by molar-refractivity contribution is -0.156. The van der Waals surface area contributed by atoms with E-state index >= 15 is 0 Å². The van der Waals surface area contributed by atoms with Crippen molar-refractivity contribution in [2.75, 3.05) is 0 Å². The van der Waals surface area contributed by atoms with Gasteiger partial charge in [0.1, 0.15) is 16.0 Å². The lowest BCUT2D eigenvalue weighted by atomic mass is 10.1. The molecule has 0 saturated heterocycles. The van der Waals surface area contributed by atoms with E-state index in [-0.39, 0.29) is 6.42 Å². The number of carbonyl (C=O) groups excluding carboxylic acids is 1. The molecule has 1 rings (SSSR count). The summed E-state index contributed by atoms with van der Waals surface area (Å²) < 4.78 is 6.02. The molecule has 18 heavy (non-hydrogen) atoms. The maximum absolute atomic E-state index is 11.7. The SMILES string of the molecule is CC(C)(C)OC(=O)C(N)Cc1c(Cl)sc(Cl)c1Cl. The van der Waals surface area contributed by atoms with Crippen LogP contribution in [-0.4, -0.2) is 17.6 Å². The molecule has 102 valence electrons. The summed E-state index contributed by atoms with van der Waals surface area (Å²) >= 11 is 19.0.